The molecule has 1 heterocycles. The monoisotopic (exact) mass is 494 g/mol. The van der Waals surface area contributed by atoms with Gasteiger partial charge in [0.15, 0.2) is 6.29 Å². The molecule has 0 aromatic carbocycles. The molecule has 9 heteroatoms. The van der Waals surface area contributed by atoms with Gasteiger partial charge >= 0.3 is 18.0 Å². The number of halogens is 7. The van der Waals surface area contributed by atoms with Gasteiger partial charge in [-0.2, -0.15) is 30.7 Å². The van der Waals surface area contributed by atoms with Crippen LogP contribution < -0.4 is 0 Å². The van der Waals surface area contributed by atoms with E-state index in [0.29, 0.717) is 6.42 Å². The van der Waals surface area contributed by atoms with Gasteiger partial charge in [0.2, 0.25) is 0 Å². The van der Waals surface area contributed by atoms with Crippen LogP contribution in [0.15, 0.2) is 0 Å². The highest BCUT2D eigenvalue weighted by Gasteiger charge is 2.72. The summed E-state index contributed by atoms with van der Waals surface area (Å²) in [4.78, 5) is 0. The van der Waals surface area contributed by atoms with Crippen LogP contribution in [0.1, 0.15) is 116 Å². The predicted molar refractivity (Wildman–Crippen MR) is 115 cm³/mol. The lowest BCUT2D eigenvalue weighted by Crippen LogP contribution is -2.51. The molecule has 0 aromatic rings. The highest BCUT2D eigenvalue weighted by atomic mass is 19.4. The summed E-state index contributed by atoms with van der Waals surface area (Å²) in [6.07, 6.45) is 8.38. The van der Waals surface area contributed by atoms with Crippen molar-refractivity contribution >= 4 is 0 Å². The number of hydrogen-bond donors (Lipinski definition) is 0. The summed E-state index contributed by atoms with van der Waals surface area (Å²) in [7, 11) is 0. The molecule has 0 N–H and O–H groups in total. The van der Waals surface area contributed by atoms with Crippen molar-refractivity contribution in [3.05, 3.63) is 0 Å². The molecule has 0 spiro atoms. The first-order valence-corrected chi connectivity index (χ1v) is 12.6. The zero-order chi connectivity index (χ0) is 24.6. The molecule has 0 saturated carbocycles. The first kappa shape index (κ1) is 30.5. The zero-order valence-electron chi connectivity index (χ0n) is 19.7. The van der Waals surface area contributed by atoms with Gasteiger partial charge in [-0.05, 0) is 19.3 Å². The van der Waals surface area contributed by atoms with Crippen molar-refractivity contribution in [2.75, 3.05) is 13.2 Å². The Morgan fingerprint density at radius 1 is 0.606 bits per heavy atom. The minimum atomic E-state index is -6.23. The zero-order valence-corrected chi connectivity index (χ0v) is 19.7. The lowest BCUT2D eigenvalue weighted by atomic mass is 10.0. The van der Waals surface area contributed by atoms with E-state index in [0.717, 1.165) is 64.6 Å². The lowest BCUT2D eigenvalue weighted by molar-refractivity contribution is -0.355. The highest BCUT2D eigenvalue weighted by Crippen LogP contribution is 2.48. The van der Waals surface area contributed by atoms with E-state index in [1.54, 1.807) is 0 Å². The van der Waals surface area contributed by atoms with Gasteiger partial charge in [-0.3, -0.25) is 0 Å². The van der Waals surface area contributed by atoms with Crippen molar-refractivity contribution in [3.8, 4) is 0 Å². The van der Waals surface area contributed by atoms with Gasteiger partial charge in [-0.15, -0.1) is 0 Å². The molecule has 1 unspecified atom stereocenters. The van der Waals surface area contributed by atoms with E-state index in [9.17, 15) is 30.7 Å². The van der Waals surface area contributed by atoms with E-state index in [1.165, 1.54) is 38.5 Å². The minimum Gasteiger partial charge on any atom is -0.353 e. The van der Waals surface area contributed by atoms with Crippen LogP contribution in [0.4, 0.5) is 30.7 Å². The third kappa shape index (κ3) is 12.6. The van der Waals surface area contributed by atoms with Crippen LogP contribution in [0.3, 0.4) is 0 Å². The second kappa shape index (κ2) is 16.2. The average Bonchev–Trinajstić information content (AvgIpc) is 3.25. The summed E-state index contributed by atoms with van der Waals surface area (Å²) in [5.74, 6) is -11.0. The molecule has 0 bridgehead atoms. The third-order valence-electron chi connectivity index (χ3n) is 6.14. The molecule has 0 amide bonds. The Bertz CT molecular complexity index is 478. The largest absolute Gasteiger partial charge is 0.459 e. The maximum Gasteiger partial charge on any atom is 0.459 e. The van der Waals surface area contributed by atoms with Crippen molar-refractivity contribution in [1.82, 2.24) is 0 Å². The maximum absolute atomic E-state index is 13.2. The van der Waals surface area contributed by atoms with Crippen LogP contribution in [0.25, 0.3) is 0 Å². The summed E-state index contributed by atoms with van der Waals surface area (Å²) in [6.45, 7) is 1.60. The number of unbranched alkanes of at least 4 members (excludes halogenated alkanes) is 14. The summed E-state index contributed by atoms with van der Waals surface area (Å²) in [5, 5.41) is 0. The molecule has 0 radical (unpaired) electrons. The molecule has 1 aliphatic rings. The first-order chi connectivity index (χ1) is 15.6. The SMILES string of the molecule is FC(F)(F)C(F)(F)C(F)(F)CCCCCCCCCCCCCCCCCOC1CCCO1. The van der Waals surface area contributed by atoms with Gasteiger partial charge in [-0.1, -0.05) is 83.5 Å². The fraction of sp³-hybridized carbons (Fsp3) is 1.00. The summed E-state index contributed by atoms with van der Waals surface area (Å²) < 4.78 is 99.1. The van der Waals surface area contributed by atoms with E-state index < -0.39 is 24.4 Å². The molecule has 33 heavy (non-hydrogen) atoms. The van der Waals surface area contributed by atoms with Crippen LogP contribution in [-0.4, -0.2) is 37.5 Å². The molecule has 1 saturated heterocycles. The molecule has 1 fully saturated rings. The Kier molecular flexibility index (Phi) is 14.9. The summed E-state index contributed by atoms with van der Waals surface area (Å²) in [5.41, 5.74) is 0. The van der Waals surface area contributed by atoms with Gasteiger partial charge in [0.05, 0.1) is 0 Å². The Morgan fingerprint density at radius 2 is 1.03 bits per heavy atom. The Labute approximate surface area is 194 Å². The van der Waals surface area contributed by atoms with Crippen molar-refractivity contribution in [2.45, 2.75) is 140 Å². The van der Waals surface area contributed by atoms with E-state index in [2.05, 4.69) is 0 Å². The standard InChI is InChI=1S/C24H41F7O2/c25-22(26,23(27,28)24(29,30)31)18-14-12-10-8-6-4-2-1-3-5-7-9-11-13-15-19-32-21-17-16-20-33-21/h21H,1-20H2. The molecular formula is C24H41F7O2. The number of hydrogen-bond acceptors (Lipinski definition) is 2. The molecule has 1 atom stereocenters. The highest BCUT2D eigenvalue weighted by molar-refractivity contribution is 4.90. The fourth-order valence-corrected chi connectivity index (χ4v) is 4.01. The number of ether oxygens (including phenoxy) is 2. The molecular weight excluding hydrogens is 453 g/mol. The molecule has 1 rings (SSSR count). The van der Waals surface area contributed by atoms with E-state index >= 15 is 0 Å². The minimum absolute atomic E-state index is 0.0190. The van der Waals surface area contributed by atoms with Gasteiger partial charge < -0.3 is 9.47 Å². The van der Waals surface area contributed by atoms with E-state index in [1.807, 2.05) is 0 Å². The Balaban J connectivity index is 1.80. The second-order valence-electron chi connectivity index (χ2n) is 9.14. The van der Waals surface area contributed by atoms with Gasteiger partial charge in [0.1, 0.15) is 0 Å². The van der Waals surface area contributed by atoms with Crippen LogP contribution >= 0.6 is 0 Å². The molecule has 1 aliphatic heterocycles. The Hall–Kier alpha value is -0.570. The van der Waals surface area contributed by atoms with E-state index in [-0.39, 0.29) is 19.1 Å². The van der Waals surface area contributed by atoms with E-state index in [4.69, 9.17) is 9.47 Å². The molecule has 0 aliphatic carbocycles. The maximum atomic E-state index is 13.2. The van der Waals surface area contributed by atoms with Crippen LogP contribution in [-0.2, 0) is 9.47 Å². The lowest BCUT2D eigenvalue weighted by Gasteiger charge is -2.28. The third-order valence-corrected chi connectivity index (χ3v) is 6.14. The topological polar surface area (TPSA) is 18.5 Å². The summed E-state index contributed by atoms with van der Waals surface area (Å²) in [6, 6.07) is 0. The summed E-state index contributed by atoms with van der Waals surface area (Å²) >= 11 is 0. The van der Waals surface area contributed by atoms with Crippen LogP contribution in [0.2, 0.25) is 0 Å². The van der Waals surface area contributed by atoms with Crippen molar-refractivity contribution in [2.24, 2.45) is 0 Å². The average molecular weight is 495 g/mol. The second-order valence-corrected chi connectivity index (χ2v) is 9.14. The fourth-order valence-electron chi connectivity index (χ4n) is 4.01. The van der Waals surface area contributed by atoms with Gasteiger partial charge in [-0.25, -0.2) is 0 Å². The van der Waals surface area contributed by atoms with Crippen LogP contribution in [0.5, 0.6) is 0 Å². The molecule has 0 aromatic heterocycles. The van der Waals surface area contributed by atoms with Gasteiger partial charge in [0, 0.05) is 26.1 Å². The molecule has 198 valence electrons. The van der Waals surface area contributed by atoms with Crippen molar-refractivity contribution in [3.63, 3.8) is 0 Å². The molecule has 2 nitrogen and oxygen atoms in total. The van der Waals surface area contributed by atoms with Gasteiger partial charge in [0.25, 0.3) is 0 Å². The number of alkyl halides is 7. The smallest absolute Gasteiger partial charge is 0.353 e. The predicted octanol–water partition coefficient (Wildman–Crippen LogP) is 9.21. The quantitative estimate of drug-likeness (QED) is 0.124. The van der Waals surface area contributed by atoms with Crippen molar-refractivity contribution < 1.29 is 40.2 Å². The van der Waals surface area contributed by atoms with Crippen LogP contribution in [0, 0.1) is 0 Å². The number of rotatable bonds is 20. The Morgan fingerprint density at radius 3 is 1.42 bits per heavy atom. The first-order valence-electron chi connectivity index (χ1n) is 12.6. The normalized spacial score (nSPS) is 17.7. The van der Waals surface area contributed by atoms with Crippen molar-refractivity contribution in [1.29, 1.82) is 0 Å².